The molecule has 1 N–H and O–H groups in total. The van der Waals surface area contributed by atoms with Crippen LogP contribution in [0.3, 0.4) is 0 Å². The van der Waals surface area contributed by atoms with Crippen LogP contribution in [0.2, 0.25) is 0 Å². The lowest BCUT2D eigenvalue weighted by molar-refractivity contribution is 0.305. The first-order chi connectivity index (χ1) is 14.1. The number of aryl methyl sites for hydroxylation is 2. The summed E-state index contributed by atoms with van der Waals surface area (Å²) in [4.78, 5) is 4.58. The molecule has 29 heavy (non-hydrogen) atoms. The van der Waals surface area contributed by atoms with Gasteiger partial charge in [0.2, 0.25) is 0 Å². The van der Waals surface area contributed by atoms with Crippen molar-refractivity contribution in [2.75, 3.05) is 34.5 Å². The lowest BCUT2D eigenvalue weighted by Gasteiger charge is -2.28. The van der Waals surface area contributed by atoms with E-state index in [2.05, 4.69) is 40.9 Å². The third-order valence-electron chi connectivity index (χ3n) is 5.59. The van der Waals surface area contributed by atoms with E-state index in [1.807, 2.05) is 6.07 Å². The highest BCUT2D eigenvalue weighted by molar-refractivity contribution is 5.81. The standard InChI is InChI=1S/C23H26N2O4/c1-14-16-5-6-19(27-2)22(24-8-10-26)18(16)13-25-9-7-15-11-20(28-3)21(29-4)12-17(15)23(14)25/h5-6,11-13,26H,7-10H2,1-4H3. The molecule has 0 aromatic heterocycles. The van der Waals surface area contributed by atoms with E-state index in [-0.39, 0.29) is 6.61 Å². The number of nitrogens with zero attached hydrogens (tertiary/aromatic N) is 2. The number of pyridine rings is 1. The Morgan fingerprint density at radius 1 is 0.966 bits per heavy atom. The third kappa shape index (κ3) is 3.13. The number of hydrogen-bond donors (Lipinski definition) is 1. The first-order valence-corrected chi connectivity index (χ1v) is 9.70. The summed E-state index contributed by atoms with van der Waals surface area (Å²) in [6.45, 7) is 3.36. The summed E-state index contributed by atoms with van der Waals surface area (Å²) >= 11 is 0. The van der Waals surface area contributed by atoms with Gasteiger partial charge in [-0.25, -0.2) is 0 Å². The second-order valence-electron chi connectivity index (χ2n) is 7.09. The van der Waals surface area contributed by atoms with Crippen molar-refractivity contribution in [1.82, 2.24) is 4.57 Å². The van der Waals surface area contributed by atoms with Crippen LogP contribution >= 0.6 is 0 Å². The minimum absolute atomic E-state index is 0.00557. The van der Waals surface area contributed by atoms with E-state index in [4.69, 9.17) is 14.2 Å². The zero-order valence-electron chi connectivity index (χ0n) is 17.3. The number of methoxy groups -OCH3 is 3. The van der Waals surface area contributed by atoms with E-state index < -0.39 is 0 Å². The van der Waals surface area contributed by atoms with Gasteiger partial charge >= 0.3 is 0 Å². The molecular formula is C23H26N2O4. The fraction of sp³-hybridized carbons (Fsp3) is 0.348. The Labute approximate surface area is 170 Å². The molecule has 4 rings (SSSR count). The van der Waals surface area contributed by atoms with Crippen molar-refractivity contribution in [1.29, 1.82) is 0 Å². The van der Waals surface area contributed by atoms with Gasteiger partial charge in [-0.2, -0.15) is 0 Å². The minimum Gasteiger partial charge on any atom is -0.494 e. The van der Waals surface area contributed by atoms with Crippen LogP contribution in [0, 0.1) is 6.92 Å². The van der Waals surface area contributed by atoms with Gasteiger partial charge in [-0.1, -0.05) is 6.07 Å². The average molecular weight is 394 g/mol. The van der Waals surface area contributed by atoms with Gasteiger partial charge in [-0.15, -0.1) is 0 Å². The topological polar surface area (TPSA) is 65.2 Å². The van der Waals surface area contributed by atoms with Gasteiger partial charge in [0.25, 0.3) is 0 Å². The minimum atomic E-state index is 0.00557. The number of benzene rings is 2. The number of rotatable bonds is 5. The van der Waals surface area contributed by atoms with Crippen LogP contribution in [-0.4, -0.2) is 44.2 Å². The van der Waals surface area contributed by atoms with Gasteiger partial charge in [-0.05, 0) is 48.2 Å². The Morgan fingerprint density at radius 3 is 2.38 bits per heavy atom. The molecule has 2 heterocycles. The molecule has 0 atom stereocenters. The molecular weight excluding hydrogens is 368 g/mol. The van der Waals surface area contributed by atoms with Gasteiger partial charge < -0.3 is 23.9 Å². The van der Waals surface area contributed by atoms with Gasteiger partial charge in [0.1, 0.15) is 11.1 Å². The van der Waals surface area contributed by atoms with Crippen molar-refractivity contribution in [3.63, 3.8) is 0 Å². The Bertz CT molecular complexity index is 1100. The van der Waals surface area contributed by atoms with E-state index in [1.54, 1.807) is 21.3 Å². The largest absolute Gasteiger partial charge is 0.494 e. The lowest BCUT2D eigenvalue weighted by Crippen LogP contribution is -2.20. The normalized spacial score (nSPS) is 13.2. The molecule has 6 nitrogen and oxygen atoms in total. The predicted octanol–water partition coefficient (Wildman–Crippen LogP) is 3.04. The monoisotopic (exact) mass is 394 g/mol. The zero-order chi connectivity index (χ0) is 20.5. The smallest absolute Gasteiger partial charge is 0.161 e. The molecule has 1 aromatic rings. The molecule has 2 aliphatic heterocycles. The molecule has 1 aliphatic carbocycles. The molecule has 0 bridgehead atoms. The van der Waals surface area contributed by atoms with E-state index >= 15 is 0 Å². The molecule has 3 aliphatic rings. The van der Waals surface area contributed by atoms with Gasteiger partial charge in [-0.3, -0.25) is 4.99 Å². The van der Waals surface area contributed by atoms with Gasteiger partial charge in [0.15, 0.2) is 11.5 Å². The SMILES string of the molecule is COc1cc2c(cc1OC)-c1c(C)c3ccc(OC)c(=NCCO)c-3cn1CC2. The van der Waals surface area contributed by atoms with Crippen molar-refractivity contribution in [3.8, 4) is 39.6 Å². The molecule has 1 aromatic carbocycles. The summed E-state index contributed by atoms with van der Waals surface area (Å²) in [5.74, 6) is 2.20. The summed E-state index contributed by atoms with van der Waals surface area (Å²) in [6.07, 6.45) is 3.06. The molecule has 0 radical (unpaired) electrons. The molecule has 152 valence electrons. The fourth-order valence-electron chi connectivity index (χ4n) is 4.22. The lowest BCUT2D eigenvalue weighted by atomic mass is 9.89. The maximum Gasteiger partial charge on any atom is 0.161 e. The third-order valence-corrected chi connectivity index (χ3v) is 5.59. The quantitative estimate of drug-likeness (QED) is 0.722. The van der Waals surface area contributed by atoms with Crippen LogP contribution in [0.1, 0.15) is 11.1 Å². The maximum absolute atomic E-state index is 9.25. The van der Waals surface area contributed by atoms with Crippen LogP contribution in [0.25, 0.3) is 22.4 Å². The van der Waals surface area contributed by atoms with Crippen LogP contribution in [0.4, 0.5) is 0 Å². The molecule has 6 heteroatoms. The fourth-order valence-corrected chi connectivity index (χ4v) is 4.22. The summed E-state index contributed by atoms with van der Waals surface area (Å²) in [7, 11) is 4.97. The molecule has 0 fully saturated rings. The second kappa shape index (κ2) is 7.79. The summed E-state index contributed by atoms with van der Waals surface area (Å²) < 4.78 is 18.9. The van der Waals surface area contributed by atoms with Crippen LogP contribution in [0.5, 0.6) is 17.2 Å². The molecule has 0 amide bonds. The summed E-state index contributed by atoms with van der Waals surface area (Å²) in [5.41, 5.74) is 6.93. The molecule has 0 spiro atoms. The Morgan fingerprint density at radius 2 is 1.69 bits per heavy atom. The van der Waals surface area contributed by atoms with Crippen LogP contribution in [0.15, 0.2) is 35.5 Å². The molecule has 0 saturated heterocycles. The highest BCUT2D eigenvalue weighted by Crippen LogP contribution is 2.42. The van der Waals surface area contributed by atoms with E-state index in [1.165, 1.54) is 16.8 Å². The first-order valence-electron chi connectivity index (χ1n) is 9.70. The van der Waals surface area contributed by atoms with Crippen molar-refractivity contribution in [2.45, 2.75) is 19.9 Å². The molecule has 0 saturated carbocycles. The number of hydrogen-bond acceptors (Lipinski definition) is 5. The number of aliphatic hydroxyl groups is 1. The average Bonchev–Trinajstić information content (AvgIpc) is 2.76. The van der Waals surface area contributed by atoms with Crippen LogP contribution in [-0.2, 0) is 13.0 Å². The van der Waals surface area contributed by atoms with E-state index in [0.717, 1.165) is 46.5 Å². The number of aromatic nitrogens is 1. The summed E-state index contributed by atoms with van der Waals surface area (Å²) in [6, 6.07) is 8.17. The van der Waals surface area contributed by atoms with Crippen LogP contribution < -0.4 is 19.6 Å². The number of fused-ring (bicyclic) bond motifs is 4. The second-order valence-corrected chi connectivity index (χ2v) is 7.09. The van der Waals surface area contributed by atoms with Gasteiger partial charge in [0, 0.05) is 23.9 Å². The van der Waals surface area contributed by atoms with Crippen molar-refractivity contribution >= 4 is 0 Å². The Kier molecular flexibility index (Phi) is 5.20. The highest BCUT2D eigenvalue weighted by atomic mass is 16.5. The van der Waals surface area contributed by atoms with Crippen molar-refractivity contribution < 1.29 is 19.3 Å². The van der Waals surface area contributed by atoms with E-state index in [0.29, 0.717) is 12.3 Å². The predicted molar refractivity (Wildman–Crippen MR) is 112 cm³/mol. The van der Waals surface area contributed by atoms with E-state index in [9.17, 15) is 5.11 Å². The van der Waals surface area contributed by atoms with Crippen molar-refractivity contribution in [3.05, 3.63) is 46.9 Å². The highest BCUT2D eigenvalue weighted by Gasteiger charge is 2.24. The Balaban J connectivity index is 2.01. The number of aliphatic hydroxyl groups excluding tert-OH is 1. The zero-order valence-corrected chi connectivity index (χ0v) is 17.3. The first kappa shape index (κ1) is 19.3. The maximum atomic E-state index is 9.25. The number of ether oxygens (including phenoxy) is 3. The van der Waals surface area contributed by atoms with Gasteiger partial charge in [0.05, 0.1) is 40.2 Å². The van der Waals surface area contributed by atoms with Crippen molar-refractivity contribution in [2.24, 2.45) is 4.99 Å². The molecule has 0 unspecified atom stereocenters. The Hall–Kier alpha value is -2.99. The summed E-state index contributed by atoms with van der Waals surface area (Å²) in [5, 5.41) is 10.0.